The molecule has 0 aliphatic rings. The smallest absolute Gasteiger partial charge is 0.245 e. The zero-order valence-corrected chi connectivity index (χ0v) is 56.5. The van der Waals surface area contributed by atoms with E-state index in [1.165, 1.54) is 26.0 Å². The van der Waals surface area contributed by atoms with Gasteiger partial charge in [-0.15, -0.1) is 0 Å². The van der Waals surface area contributed by atoms with Crippen LogP contribution in [0.5, 0.6) is 0 Å². The molecule has 0 aromatic heterocycles. The molecular weight excluding hydrogens is 1320 g/mol. The molecule has 0 unspecified atom stereocenters. The molecule has 0 saturated heterocycles. The molecular formula is C61H99ClN22O15. The number of nitrogens with zero attached hydrogens (tertiary/aromatic N) is 2. The van der Waals surface area contributed by atoms with Crippen LogP contribution in [-0.2, 0) is 75.2 Å². The number of nitrogens with one attached hydrogen (secondary N) is 12. The van der Waals surface area contributed by atoms with Crippen LogP contribution in [0.15, 0.2) is 64.6 Å². The highest BCUT2D eigenvalue weighted by Gasteiger charge is 2.34. The molecule has 0 heterocycles. The molecule has 0 aliphatic carbocycles. The van der Waals surface area contributed by atoms with Crippen molar-refractivity contribution in [3.05, 3.63) is 70.7 Å². The molecule has 0 radical (unpaired) electrons. The van der Waals surface area contributed by atoms with Gasteiger partial charge in [-0.3, -0.25) is 72.3 Å². The molecule has 13 amide bonds. The van der Waals surface area contributed by atoms with E-state index in [1.54, 1.807) is 42.5 Å². The predicted octanol–water partition coefficient (Wildman–Crippen LogP) is -8.57. The first-order chi connectivity index (χ1) is 46.9. The first-order valence-electron chi connectivity index (χ1n) is 32.1. The van der Waals surface area contributed by atoms with Crippen molar-refractivity contribution < 1.29 is 72.5 Å². The normalized spacial score (nSPS) is 14.2. The van der Waals surface area contributed by atoms with E-state index in [4.69, 9.17) is 57.5 Å². The van der Waals surface area contributed by atoms with E-state index < -0.39 is 170 Å². The molecule has 0 bridgehead atoms. The number of amides is 13. The molecule has 0 saturated carbocycles. The zero-order valence-electron chi connectivity index (χ0n) is 55.8. The van der Waals surface area contributed by atoms with Gasteiger partial charge in [0.2, 0.25) is 76.8 Å². The van der Waals surface area contributed by atoms with Crippen LogP contribution in [0.4, 0.5) is 0 Å². The number of nitrogens with two attached hydrogens (primary N) is 8. The summed E-state index contributed by atoms with van der Waals surface area (Å²) in [5, 5.41) is 50.4. The van der Waals surface area contributed by atoms with Crippen LogP contribution in [0.1, 0.15) is 96.1 Å². The number of carbonyl (C=O) groups excluding carboxylic acids is 13. The molecule has 11 atom stereocenters. The molecule has 2 rings (SSSR count). The minimum Gasteiger partial charge on any atom is -0.394 e. The fourth-order valence-corrected chi connectivity index (χ4v) is 9.30. The van der Waals surface area contributed by atoms with Gasteiger partial charge in [-0.1, -0.05) is 54.1 Å². The Morgan fingerprint density at radius 1 is 0.434 bits per heavy atom. The van der Waals surface area contributed by atoms with E-state index in [0.717, 1.165) is 12.5 Å². The summed E-state index contributed by atoms with van der Waals surface area (Å²) >= 11 is 6.06. The maximum absolute atomic E-state index is 14.1. The number of carbonyl (C=O) groups is 13. The molecule has 2 aromatic carbocycles. The number of aliphatic hydroxyl groups is 2. The van der Waals surface area contributed by atoms with E-state index in [9.17, 15) is 72.5 Å². The lowest BCUT2D eigenvalue weighted by atomic mass is 10.0. The van der Waals surface area contributed by atoms with Gasteiger partial charge in [0, 0.05) is 24.5 Å². The second kappa shape index (κ2) is 46.4. The average Bonchev–Trinajstić information content (AvgIpc) is 0.887. The number of halogens is 1. The fourth-order valence-electron chi connectivity index (χ4n) is 9.17. The number of aliphatic imine (C=N–C) groups is 2. The molecule has 2 aromatic rings. The molecule has 37 nitrogen and oxygen atoms in total. The largest absolute Gasteiger partial charge is 0.394 e. The van der Waals surface area contributed by atoms with Gasteiger partial charge in [0.25, 0.3) is 0 Å². The van der Waals surface area contributed by atoms with E-state index >= 15 is 0 Å². The van der Waals surface area contributed by atoms with Crippen LogP contribution in [0.2, 0.25) is 5.02 Å². The van der Waals surface area contributed by atoms with Crippen molar-refractivity contribution >= 4 is 100 Å². The quantitative estimate of drug-likeness (QED) is 0.0166. The van der Waals surface area contributed by atoms with Crippen molar-refractivity contribution in [1.82, 2.24) is 63.8 Å². The Morgan fingerprint density at radius 3 is 1.34 bits per heavy atom. The summed E-state index contributed by atoms with van der Waals surface area (Å²) in [6, 6.07) is 1.09. The number of rotatable bonds is 47. The van der Waals surface area contributed by atoms with Crippen LogP contribution in [0.25, 0.3) is 0 Å². The average molecular weight is 1420 g/mol. The third-order valence-corrected chi connectivity index (χ3v) is 14.9. The van der Waals surface area contributed by atoms with Gasteiger partial charge in [-0.25, -0.2) is 0 Å². The Hall–Kier alpha value is -9.82. The van der Waals surface area contributed by atoms with Crippen LogP contribution in [-0.4, -0.2) is 218 Å². The molecule has 0 aliphatic heterocycles. The Kier molecular flexibility index (Phi) is 40.0. The van der Waals surface area contributed by atoms with Gasteiger partial charge in [-0.05, 0) is 128 Å². The van der Waals surface area contributed by atoms with Crippen molar-refractivity contribution in [2.45, 2.75) is 164 Å². The highest BCUT2D eigenvalue weighted by atomic mass is 35.5. The maximum atomic E-state index is 14.1. The van der Waals surface area contributed by atoms with Gasteiger partial charge in [-0.2, -0.15) is 0 Å². The first kappa shape index (κ1) is 85.3. The summed E-state index contributed by atoms with van der Waals surface area (Å²) in [7, 11) is 0. The van der Waals surface area contributed by atoms with Crippen molar-refractivity contribution in [2.24, 2.45) is 55.9 Å². The monoisotopic (exact) mass is 1410 g/mol. The molecule has 30 N–H and O–H groups in total. The first-order valence-corrected chi connectivity index (χ1v) is 32.4. The summed E-state index contributed by atoms with van der Waals surface area (Å²) in [6.07, 6.45) is 0.123. The Bertz CT molecular complexity index is 3050. The summed E-state index contributed by atoms with van der Waals surface area (Å²) in [6.45, 7) is 1.14. The Labute approximate surface area is 577 Å². The predicted molar refractivity (Wildman–Crippen MR) is 365 cm³/mol. The summed E-state index contributed by atoms with van der Waals surface area (Å²) < 4.78 is 0. The van der Waals surface area contributed by atoms with Crippen LogP contribution >= 0.6 is 11.6 Å². The molecule has 38 heteroatoms. The second-order valence-electron chi connectivity index (χ2n) is 23.1. The van der Waals surface area contributed by atoms with Crippen molar-refractivity contribution in [3.63, 3.8) is 0 Å². The number of hydrogen-bond donors (Lipinski definition) is 22. The summed E-state index contributed by atoms with van der Waals surface area (Å²) in [4.78, 5) is 181. The maximum Gasteiger partial charge on any atom is 0.245 e. The van der Waals surface area contributed by atoms with Crippen molar-refractivity contribution in [3.8, 4) is 0 Å². The Morgan fingerprint density at radius 2 is 0.848 bits per heavy atom. The van der Waals surface area contributed by atoms with E-state index in [0.29, 0.717) is 36.4 Å². The number of unbranched alkanes of at least 4 members (excludes halogenated alkanes) is 2. The van der Waals surface area contributed by atoms with Gasteiger partial charge in [0.15, 0.2) is 11.9 Å². The Balaban J connectivity index is 2.19. The van der Waals surface area contributed by atoms with Crippen LogP contribution in [0.3, 0.4) is 0 Å². The lowest BCUT2D eigenvalue weighted by molar-refractivity contribution is -0.136. The lowest BCUT2D eigenvalue weighted by Gasteiger charge is -2.26. The third kappa shape index (κ3) is 34.8. The van der Waals surface area contributed by atoms with Crippen molar-refractivity contribution in [1.29, 1.82) is 0 Å². The third-order valence-electron chi connectivity index (χ3n) is 14.7. The topological polar surface area (TPSA) is 640 Å². The van der Waals surface area contributed by atoms with Gasteiger partial charge < -0.3 is 120 Å². The molecule has 0 spiro atoms. The second-order valence-corrected chi connectivity index (χ2v) is 23.5. The fraction of sp³-hybridized carbons (Fsp3) is 0.557. The highest BCUT2D eigenvalue weighted by molar-refractivity contribution is 6.30. The number of hydrogen-bond acceptors (Lipinski definition) is 20. The van der Waals surface area contributed by atoms with E-state index in [1.807, 2.05) is 0 Å². The minimum atomic E-state index is -1.74. The minimum absolute atomic E-state index is 0.0296. The van der Waals surface area contributed by atoms with Gasteiger partial charge in [0.05, 0.1) is 38.4 Å². The number of aliphatic hydroxyl groups excluding tert-OH is 2. The SMILES string of the molecule is C[C@H](NC(=O)CNC(=O)[C@@H](NC(=O)[C@H](Cc1ccc(Cl)cc1)NC(=O)CNC(=O)CNC(=O)[C@@H](N)Cc1ccccc1)[C@@H](C)O)C(=O)N[C@@H](CCCN=C(N)N)C(=O)N[C@@H](CCCCN)C(=O)N[C@@H](CO)C(=O)N[C@@H](C)C(=O)N[C@@H](CCCN=C(N)N)C(=O)N[C@@H](CCCCN)C(N)=O. The zero-order chi connectivity index (χ0) is 74.1. The number of benzene rings is 2. The van der Waals surface area contributed by atoms with Crippen LogP contribution in [0, 0.1) is 0 Å². The van der Waals surface area contributed by atoms with Gasteiger partial charge in [0.1, 0.15) is 54.4 Å². The van der Waals surface area contributed by atoms with Crippen LogP contribution < -0.4 is 110 Å². The lowest BCUT2D eigenvalue weighted by Crippen LogP contribution is -2.60. The molecule has 0 fully saturated rings. The standard InChI is InChI=1S/C61H99ClN22O15/c1-33(76-47(88)31-75-59(99)49(35(3)86)84-57(97)44(28-37-19-21-38(62)22-20-37)78-48(89)30-73-46(87)29-74-53(93)39(65)27-36-13-5-4-6-14-36)51(91)80-43(18-12-26-72-61(69)70)55(95)82-41(16-8-10-24-64)56(96)83-45(32-85)58(98)77-34(2)52(92)81-42(17-11-25-71-60(67)68)54(94)79-40(50(66)90)15-7-9-23-63/h4-6,13-14,19-22,33-35,39-45,49,85-86H,7-12,15-18,23-32,63-65H2,1-3H3,(H2,66,90)(H,73,87)(H,74,93)(H,75,99)(H,76,88)(H,77,98)(H,78,89)(H,79,94)(H,80,91)(H,81,92)(H,82,95)(H,83,96)(H,84,97)(H4,67,68,71)(H4,69,70,72)/t33-,34-,35+,39-,40-,41-,42-,43-,44-,45-,49-/m0/s1. The van der Waals surface area contributed by atoms with Gasteiger partial charge >= 0.3 is 0 Å². The number of guanidine groups is 2. The van der Waals surface area contributed by atoms with E-state index in [2.05, 4.69) is 73.8 Å². The molecule has 99 heavy (non-hydrogen) atoms. The van der Waals surface area contributed by atoms with Crippen molar-refractivity contribution in [2.75, 3.05) is 52.4 Å². The van der Waals surface area contributed by atoms with E-state index in [-0.39, 0.29) is 89.3 Å². The number of primary amides is 1. The highest BCUT2D eigenvalue weighted by Crippen LogP contribution is 2.13. The summed E-state index contributed by atoms with van der Waals surface area (Å²) in [5.41, 5.74) is 45.9. The summed E-state index contributed by atoms with van der Waals surface area (Å²) in [5.74, 6) is -12.2. The molecule has 550 valence electrons.